The summed E-state index contributed by atoms with van der Waals surface area (Å²) in [6.45, 7) is 2.39. The molecule has 1 unspecified atom stereocenters. The number of methoxy groups -OCH3 is 1. The summed E-state index contributed by atoms with van der Waals surface area (Å²) in [6, 6.07) is 9.62. The van der Waals surface area contributed by atoms with E-state index < -0.39 is 10.0 Å². The zero-order valence-electron chi connectivity index (χ0n) is 13.5. The lowest BCUT2D eigenvalue weighted by Gasteiger charge is -2.12. The molecule has 24 heavy (non-hydrogen) atoms. The maximum Gasteiger partial charge on any atom is 0.251 e. The predicted molar refractivity (Wildman–Crippen MR) is 93.7 cm³/mol. The molecule has 0 fully saturated rings. The maximum absolute atomic E-state index is 12.2. The van der Waals surface area contributed by atoms with E-state index in [0.717, 1.165) is 4.88 Å². The van der Waals surface area contributed by atoms with Crippen LogP contribution in [0.1, 0.15) is 28.2 Å². The topological polar surface area (TPSA) is 84.5 Å². The number of sulfonamides is 1. The molecule has 1 aromatic carbocycles. The summed E-state index contributed by atoms with van der Waals surface area (Å²) in [4.78, 5) is 13.4. The van der Waals surface area contributed by atoms with Gasteiger partial charge in [-0.25, -0.2) is 13.1 Å². The number of thiophene rings is 1. The third kappa shape index (κ3) is 4.88. The lowest BCUT2D eigenvalue weighted by Crippen LogP contribution is -2.28. The van der Waals surface area contributed by atoms with E-state index in [4.69, 9.17) is 4.74 Å². The Morgan fingerprint density at radius 2 is 1.96 bits per heavy atom. The van der Waals surface area contributed by atoms with E-state index in [0.29, 0.717) is 12.2 Å². The van der Waals surface area contributed by atoms with Crippen LogP contribution in [0.5, 0.6) is 0 Å². The van der Waals surface area contributed by atoms with Gasteiger partial charge < -0.3 is 10.1 Å². The molecule has 2 rings (SSSR count). The van der Waals surface area contributed by atoms with E-state index in [1.54, 1.807) is 11.3 Å². The number of hydrogen-bond donors (Lipinski definition) is 2. The fourth-order valence-electron chi connectivity index (χ4n) is 2.04. The van der Waals surface area contributed by atoms with Crippen LogP contribution >= 0.6 is 11.3 Å². The number of amides is 1. The predicted octanol–water partition coefficient (Wildman–Crippen LogP) is 2.16. The molecule has 8 heteroatoms. The molecule has 0 radical (unpaired) electrons. The van der Waals surface area contributed by atoms with Gasteiger partial charge in [0.1, 0.15) is 0 Å². The van der Waals surface area contributed by atoms with Crippen LogP contribution in [-0.4, -0.2) is 34.6 Å². The smallest absolute Gasteiger partial charge is 0.251 e. The molecule has 1 aromatic heterocycles. The molecule has 6 nitrogen and oxygen atoms in total. The van der Waals surface area contributed by atoms with Crippen LogP contribution in [0.4, 0.5) is 0 Å². The van der Waals surface area contributed by atoms with Gasteiger partial charge in [-0.2, -0.15) is 0 Å². The minimum Gasteiger partial charge on any atom is -0.383 e. The van der Waals surface area contributed by atoms with Gasteiger partial charge in [-0.3, -0.25) is 4.79 Å². The quantitative estimate of drug-likeness (QED) is 0.700. The molecule has 0 bridgehead atoms. The Bertz CT molecular complexity index is 756. The molecular formula is C16H20N2O4S2. The van der Waals surface area contributed by atoms with Crippen LogP contribution in [0.3, 0.4) is 0 Å². The Morgan fingerprint density at radius 3 is 2.54 bits per heavy atom. The first-order valence-corrected chi connectivity index (χ1v) is 9.73. The van der Waals surface area contributed by atoms with E-state index in [-0.39, 0.29) is 23.4 Å². The second kappa shape index (κ2) is 8.39. The first kappa shape index (κ1) is 18.6. The van der Waals surface area contributed by atoms with Crippen LogP contribution in [0.2, 0.25) is 0 Å². The molecule has 0 aliphatic carbocycles. The maximum atomic E-state index is 12.2. The largest absolute Gasteiger partial charge is 0.383 e. The number of carbonyl (C=O) groups excluding carboxylic acids is 1. The molecule has 0 saturated carbocycles. The van der Waals surface area contributed by atoms with Crippen LogP contribution in [0, 0.1) is 0 Å². The molecule has 130 valence electrons. The lowest BCUT2D eigenvalue weighted by atomic mass is 10.2. The second-order valence-corrected chi connectivity index (χ2v) is 7.87. The van der Waals surface area contributed by atoms with Gasteiger partial charge in [0.05, 0.1) is 17.5 Å². The highest BCUT2D eigenvalue weighted by Gasteiger charge is 2.16. The van der Waals surface area contributed by atoms with Gasteiger partial charge in [-0.15, -0.1) is 11.3 Å². The van der Waals surface area contributed by atoms with Crippen molar-refractivity contribution in [3.8, 4) is 0 Å². The highest BCUT2D eigenvalue weighted by Crippen LogP contribution is 2.19. The number of hydrogen-bond acceptors (Lipinski definition) is 5. The standard InChI is InChI=1S/C16H20N2O4S2/c1-12(15-4-3-11-23-15)18-16(19)13-5-7-14(8-6-13)24(20,21)17-9-10-22-2/h3-8,11-12,17H,9-10H2,1-2H3,(H,18,19). The molecule has 0 spiro atoms. The molecule has 0 aliphatic rings. The van der Waals surface area contributed by atoms with Crippen LogP contribution in [-0.2, 0) is 14.8 Å². The Kier molecular flexibility index (Phi) is 6.50. The van der Waals surface area contributed by atoms with Crippen LogP contribution in [0.15, 0.2) is 46.7 Å². The number of carbonyl (C=O) groups is 1. The van der Waals surface area contributed by atoms with E-state index >= 15 is 0 Å². The zero-order valence-corrected chi connectivity index (χ0v) is 15.1. The van der Waals surface area contributed by atoms with E-state index in [1.165, 1.54) is 31.4 Å². The number of rotatable bonds is 8. The normalized spacial score (nSPS) is 12.8. The van der Waals surface area contributed by atoms with Crippen molar-refractivity contribution in [3.05, 3.63) is 52.2 Å². The number of benzene rings is 1. The third-order valence-electron chi connectivity index (χ3n) is 3.34. The molecule has 1 atom stereocenters. The van der Waals surface area contributed by atoms with Gasteiger partial charge in [0.25, 0.3) is 5.91 Å². The number of ether oxygens (including phenoxy) is 1. The first-order chi connectivity index (χ1) is 11.4. The van der Waals surface area contributed by atoms with Crippen molar-refractivity contribution >= 4 is 27.3 Å². The summed E-state index contributed by atoms with van der Waals surface area (Å²) < 4.78 is 31.3. The molecular weight excluding hydrogens is 348 g/mol. The fourth-order valence-corrected chi connectivity index (χ4v) is 3.78. The average molecular weight is 368 g/mol. The van der Waals surface area contributed by atoms with Gasteiger partial charge >= 0.3 is 0 Å². The third-order valence-corrected chi connectivity index (χ3v) is 5.87. The number of nitrogens with one attached hydrogen (secondary N) is 2. The second-order valence-electron chi connectivity index (χ2n) is 5.13. The summed E-state index contributed by atoms with van der Waals surface area (Å²) in [7, 11) is -2.09. The molecule has 0 aliphatic heterocycles. The molecule has 1 heterocycles. The van der Waals surface area contributed by atoms with Crippen molar-refractivity contribution in [1.82, 2.24) is 10.0 Å². The summed E-state index contributed by atoms with van der Waals surface area (Å²) in [5.41, 5.74) is 0.411. The van der Waals surface area contributed by atoms with Crippen molar-refractivity contribution < 1.29 is 17.9 Å². The Hall–Kier alpha value is -1.74. The molecule has 0 saturated heterocycles. The van der Waals surface area contributed by atoms with E-state index in [1.807, 2.05) is 24.4 Å². The Balaban J connectivity index is 2.02. The van der Waals surface area contributed by atoms with Gasteiger partial charge in [-0.1, -0.05) is 6.07 Å². The lowest BCUT2D eigenvalue weighted by molar-refractivity contribution is 0.0940. The summed E-state index contributed by atoms with van der Waals surface area (Å²) >= 11 is 1.57. The molecule has 2 N–H and O–H groups in total. The van der Waals surface area contributed by atoms with E-state index in [9.17, 15) is 13.2 Å². The van der Waals surface area contributed by atoms with Crippen molar-refractivity contribution in [3.63, 3.8) is 0 Å². The summed E-state index contributed by atoms with van der Waals surface area (Å²) in [5, 5.41) is 4.84. The summed E-state index contributed by atoms with van der Waals surface area (Å²) in [6.07, 6.45) is 0. The van der Waals surface area contributed by atoms with Gasteiger partial charge in [-0.05, 0) is 42.6 Å². The zero-order chi connectivity index (χ0) is 17.6. The Labute approximate surface area is 145 Å². The van der Waals surface area contributed by atoms with Crippen molar-refractivity contribution in [2.45, 2.75) is 17.9 Å². The summed E-state index contributed by atoms with van der Waals surface area (Å²) in [5.74, 6) is -0.243. The average Bonchev–Trinajstić information content (AvgIpc) is 3.09. The van der Waals surface area contributed by atoms with Crippen LogP contribution < -0.4 is 10.0 Å². The first-order valence-electron chi connectivity index (χ1n) is 7.37. The highest BCUT2D eigenvalue weighted by molar-refractivity contribution is 7.89. The van der Waals surface area contributed by atoms with Crippen molar-refractivity contribution in [2.24, 2.45) is 0 Å². The van der Waals surface area contributed by atoms with Gasteiger partial charge in [0.15, 0.2) is 0 Å². The highest BCUT2D eigenvalue weighted by atomic mass is 32.2. The fraction of sp³-hybridized carbons (Fsp3) is 0.312. The van der Waals surface area contributed by atoms with Crippen molar-refractivity contribution in [1.29, 1.82) is 0 Å². The minimum atomic E-state index is -3.59. The SMILES string of the molecule is COCCNS(=O)(=O)c1ccc(C(=O)NC(C)c2cccs2)cc1. The van der Waals surface area contributed by atoms with Gasteiger partial charge in [0, 0.05) is 24.1 Å². The Morgan fingerprint density at radius 1 is 1.25 bits per heavy atom. The van der Waals surface area contributed by atoms with Gasteiger partial charge in [0.2, 0.25) is 10.0 Å². The monoisotopic (exact) mass is 368 g/mol. The van der Waals surface area contributed by atoms with E-state index in [2.05, 4.69) is 10.0 Å². The van der Waals surface area contributed by atoms with Crippen molar-refractivity contribution in [2.75, 3.05) is 20.3 Å². The minimum absolute atomic E-state index is 0.100. The molecule has 2 aromatic rings. The van der Waals surface area contributed by atoms with Crippen LogP contribution in [0.25, 0.3) is 0 Å². The molecule has 1 amide bonds.